The van der Waals surface area contributed by atoms with E-state index in [1.807, 2.05) is 24.3 Å². The van der Waals surface area contributed by atoms with E-state index in [0.717, 1.165) is 29.4 Å². The summed E-state index contributed by atoms with van der Waals surface area (Å²) < 4.78 is 0. The highest BCUT2D eigenvalue weighted by molar-refractivity contribution is 5.92. The molecule has 0 saturated carbocycles. The van der Waals surface area contributed by atoms with Crippen molar-refractivity contribution >= 4 is 16.8 Å². The van der Waals surface area contributed by atoms with Gasteiger partial charge in [-0.15, -0.1) is 0 Å². The zero-order valence-corrected chi connectivity index (χ0v) is 9.10. The first-order valence-electron chi connectivity index (χ1n) is 5.28. The molecule has 0 atom stereocenters. The Morgan fingerprint density at radius 2 is 2.06 bits per heavy atom. The first-order chi connectivity index (χ1) is 7.72. The van der Waals surface area contributed by atoms with E-state index in [1.54, 1.807) is 0 Å². The van der Waals surface area contributed by atoms with Crippen molar-refractivity contribution in [1.29, 1.82) is 0 Å². The molecule has 1 heterocycles. The summed E-state index contributed by atoms with van der Waals surface area (Å²) >= 11 is 0. The van der Waals surface area contributed by atoms with Crippen LogP contribution in [0.3, 0.4) is 0 Å². The number of aromatic nitrogens is 2. The highest BCUT2D eigenvalue weighted by Gasteiger charge is 2.09. The Morgan fingerprint density at radius 3 is 2.75 bits per heavy atom. The smallest absolute Gasteiger partial charge is 0.286 e. The second kappa shape index (κ2) is 4.26. The van der Waals surface area contributed by atoms with Crippen molar-refractivity contribution in [3.05, 3.63) is 35.8 Å². The predicted octanol–water partition coefficient (Wildman–Crippen LogP) is 1.68. The van der Waals surface area contributed by atoms with Gasteiger partial charge in [0.2, 0.25) is 5.82 Å². The molecule has 0 radical (unpaired) electrons. The second-order valence-corrected chi connectivity index (χ2v) is 3.63. The summed E-state index contributed by atoms with van der Waals surface area (Å²) in [5.74, 6) is -0.481. The second-order valence-electron chi connectivity index (χ2n) is 3.63. The minimum Gasteiger partial charge on any atom is -0.363 e. The van der Waals surface area contributed by atoms with Crippen LogP contribution in [0.1, 0.15) is 29.7 Å². The molecule has 0 aliphatic carbocycles. The van der Waals surface area contributed by atoms with Crippen LogP contribution in [0.15, 0.2) is 24.3 Å². The zero-order valence-electron chi connectivity index (χ0n) is 9.10. The first-order valence-corrected chi connectivity index (χ1v) is 5.28. The summed E-state index contributed by atoms with van der Waals surface area (Å²) in [7, 11) is 0. The number of aryl methyl sites for hydroxylation is 1. The molecular formula is C12H13N3O. The van der Waals surface area contributed by atoms with Crippen LogP contribution >= 0.6 is 0 Å². The van der Waals surface area contributed by atoms with E-state index >= 15 is 0 Å². The van der Waals surface area contributed by atoms with Gasteiger partial charge in [0, 0.05) is 5.39 Å². The summed E-state index contributed by atoms with van der Waals surface area (Å²) in [6.45, 7) is 2.07. The first kappa shape index (κ1) is 10.5. The number of nitrogens with zero attached hydrogens (tertiary/aromatic N) is 2. The lowest BCUT2D eigenvalue weighted by Crippen LogP contribution is -2.16. The molecule has 2 rings (SSSR count). The van der Waals surface area contributed by atoms with Crippen molar-refractivity contribution in [1.82, 2.24) is 9.97 Å². The van der Waals surface area contributed by atoms with Gasteiger partial charge in [-0.05, 0) is 12.5 Å². The summed E-state index contributed by atoms with van der Waals surface area (Å²) in [5, 5.41) is 0.995. The van der Waals surface area contributed by atoms with E-state index in [1.165, 1.54) is 0 Å². The van der Waals surface area contributed by atoms with E-state index < -0.39 is 5.91 Å². The Bertz CT molecular complexity index is 537. The lowest BCUT2D eigenvalue weighted by Gasteiger charge is -2.05. The monoisotopic (exact) mass is 215 g/mol. The van der Waals surface area contributed by atoms with Gasteiger partial charge in [0.15, 0.2) is 0 Å². The molecule has 0 fully saturated rings. The van der Waals surface area contributed by atoms with Crippen molar-refractivity contribution in [3.8, 4) is 0 Å². The van der Waals surface area contributed by atoms with Gasteiger partial charge in [-0.3, -0.25) is 4.79 Å². The third-order valence-corrected chi connectivity index (χ3v) is 2.39. The number of nitrogens with two attached hydrogens (primary N) is 1. The van der Waals surface area contributed by atoms with E-state index in [2.05, 4.69) is 16.9 Å². The number of carbonyl (C=O) groups is 1. The quantitative estimate of drug-likeness (QED) is 0.846. The molecular weight excluding hydrogens is 202 g/mol. The van der Waals surface area contributed by atoms with E-state index in [4.69, 9.17) is 5.73 Å². The van der Waals surface area contributed by atoms with E-state index in [-0.39, 0.29) is 5.82 Å². The van der Waals surface area contributed by atoms with Crippen LogP contribution in [0.4, 0.5) is 0 Å². The number of para-hydroxylation sites is 1. The molecule has 0 bridgehead atoms. The molecule has 4 nitrogen and oxygen atoms in total. The normalized spacial score (nSPS) is 10.6. The maximum absolute atomic E-state index is 11.1. The highest BCUT2D eigenvalue weighted by atomic mass is 16.1. The number of hydrogen-bond donors (Lipinski definition) is 1. The molecule has 2 aromatic rings. The Morgan fingerprint density at radius 1 is 1.31 bits per heavy atom. The van der Waals surface area contributed by atoms with Gasteiger partial charge in [0.1, 0.15) is 0 Å². The number of amides is 1. The number of hydrogen-bond acceptors (Lipinski definition) is 3. The largest absolute Gasteiger partial charge is 0.363 e. The molecule has 1 aromatic heterocycles. The van der Waals surface area contributed by atoms with Crippen LogP contribution in [-0.4, -0.2) is 15.9 Å². The van der Waals surface area contributed by atoms with Gasteiger partial charge in [0.05, 0.1) is 11.2 Å². The fourth-order valence-corrected chi connectivity index (χ4v) is 1.68. The Balaban J connectivity index is 2.68. The van der Waals surface area contributed by atoms with Gasteiger partial charge in [-0.1, -0.05) is 31.5 Å². The maximum Gasteiger partial charge on any atom is 0.286 e. The average molecular weight is 215 g/mol. The number of rotatable bonds is 3. The molecule has 2 N–H and O–H groups in total. The van der Waals surface area contributed by atoms with Crippen molar-refractivity contribution in [2.45, 2.75) is 19.8 Å². The SMILES string of the molecule is CCCc1nc(C(N)=O)nc2ccccc12. The third kappa shape index (κ3) is 1.86. The van der Waals surface area contributed by atoms with Crippen LogP contribution in [-0.2, 0) is 6.42 Å². The topological polar surface area (TPSA) is 68.9 Å². The molecule has 1 amide bonds. The standard InChI is InChI=1S/C12H13N3O/c1-2-5-9-8-6-3-4-7-10(8)15-12(14-9)11(13)16/h3-4,6-7H,2,5H2,1H3,(H2,13,16). The summed E-state index contributed by atoms with van der Waals surface area (Å²) in [5.41, 5.74) is 6.87. The summed E-state index contributed by atoms with van der Waals surface area (Å²) in [4.78, 5) is 19.4. The van der Waals surface area contributed by atoms with Crippen LogP contribution in [0.25, 0.3) is 10.9 Å². The summed E-state index contributed by atoms with van der Waals surface area (Å²) in [6.07, 6.45) is 1.79. The molecule has 4 heteroatoms. The van der Waals surface area contributed by atoms with Crippen molar-refractivity contribution in [2.75, 3.05) is 0 Å². The molecule has 0 aliphatic rings. The zero-order chi connectivity index (χ0) is 11.5. The van der Waals surface area contributed by atoms with Gasteiger partial charge in [-0.25, -0.2) is 9.97 Å². The minimum atomic E-state index is -0.580. The number of fused-ring (bicyclic) bond motifs is 1. The highest BCUT2D eigenvalue weighted by Crippen LogP contribution is 2.16. The van der Waals surface area contributed by atoms with Crippen molar-refractivity contribution in [2.24, 2.45) is 5.73 Å². The van der Waals surface area contributed by atoms with Crippen molar-refractivity contribution in [3.63, 3.8) is 0 Å². The molecule has 0 unspecified atom stereocenters. The van der Waals surface area contributed by atoms with Gasteiger partial charge in [0.25, 0.3) is 5.91 Å². The number of benzene rings is 1. The molecule has 0 aliphatic heterocycles. The molecule has 82 valence electrons. The number of primary amides is 1. The van der Waals surface area contributed by atoms with E-state index in [0.29, 0.717) is 0 Å². The minimum absolute atomic E-state index is 0.0992. The predicted molar refractivity (Wildman–Crippen MR) is 62.1 cm³/mol. The molecule has 0 saturated heterocycles. The van der Waals surface area contributed by atoms with Crippen LogP contribution in [0, 0.1) is 0 Å². The Hall–Kier alpha value is -1.97. The van der Waals surface area contributed by atoms with Crippen LogP contribution in [0.5, 0.6) is 0 Å². The lowest BCUT2D eigenvalue weighted by molar-refractivity contribution is 0.0990. The van der Waals surface area contributed by atoms with Crippen LogP contribution < -0.4 is 5.73 Å². The Kier molecular flexibility index (Phi) is 2.81. The van der Waals surface area contributed by atoms with Gasteiger partial charge < -0.3 is 5.73 Å². The molecule has 1 aromatic carbocycles. The molecule has 16 heavy (non-hydrogen) atoms. The van der Waals surface area contributed by atoms with Crippen LogP contribution in [0.2, 0.25) is 0 Å². The van der Waals surface area contributed by atoms with Crippen molar-refractivity contribution < 1.29 is 4.79 Å². The summed E-state index contributed by atoms with van der Waals surface area (Å²) in [6, 6.07) is 7.65. The molecule has 0 spiro atoms. The Labute approximate surface area is 93.5 Å². The average Bonchev–Trinajstić information content (AvgIpc) is 2.29. The lowest BCUT2D eigenvalue weighted by atomic mass is 10.1. The fraction of sp³-hybridized carbons (Fsp3) is 0.250. The third-order valence-electron chi connectivity index (χ3n) is 2.39. The van der Waals surface area contributed by atoms with Gasteiger partial charge in [-0.2, -0.15) is 0 Å². The van der Waals surface area contributed by atoms with Gasteiger partial charge >= 0.3 is 0 Å². The van der Waals surface area contributed by atoms with E-state index in [9.17, 15) is 4.79 Å². The fourth-order valence-electron chi connectivity index (χ4n) is 1.68. The number of carbonyl (C=O) groups excluding carboxylic acids is 1. The maximum atomic E-state index is 11.1.